The maximum Gasteiger partial charge on any atom is 0.270 e. The lowest BCUT2D eigenvalue weighted by Crippen LogP contribution is -2.47. The molecule has 6 nitrogen and oxygen atoms in total. The molecule has 25 heavy (non-hydrogen) atoms. The van der Waals surface area contributed by atoms with Gasteiger partial charge in [0.05, 0.1) is 5.69 Å². The van der Waals surface area contributed by atoms with Gasteiger partial charge in [0.1, 0.15) is 17.7 Å². The van der Waals surface area contributed by atoms with E-state index in [1.807, 2.05) is 11.0 Å². The molecular formula is C19H28N4O2. The molecule has 3 rings (SSSR count). The van der Waals surface area contributed by atoms with Crippen LogP contribution in [0.4, 0.5) is 0 Å². The number of rotatable bonds is 4. The monoisotopic (exact) mass is 344 g/mol. The predicted octanol–water partition coefficient (Wildman–Crippen LogP) is 3.30. The Bertz CT molecular complexity index is 736. The van der Waals surface area contributed by atoms with Crippen molar-refractivity contribution in [2.24, 2.45) is 0 Å². The number of hydrogen-bond acceptors (Lipinski definition) is 4. The summed E-state index contributed by atoms with van der Waals surface area (Å²) in [7, 11) is 2.08. The molecule has 2 aromatic rings. The van der Waals surface area contributed by atoms with Crippen LogP contribution in [0.15, 0.2) is 16.7 Å². The fourth-order valence-corrected chi connectivity index (χ4v) is 3.06. The van der Waals surface area contributed by atoms with E-state index in [2.05, 4.69) is 49.6 Å². The maximum atomic E-state index is 12.9. The van der Waals surface area contributed by atoms with Gasteiger partial charge in [-0.15, -0.1) is 0 Å². The topological polar surface area (TPSA) is 65.4 Å². The van der Waals surface area contributed by atoms with Crippen molar-refractivity contribution in [2.75, 3.05) is 33.2 Å². The van der Waals surface area contributed by atoms with E-state index in [1.165, 1.54) is 0 Å². The van der Waals surface area contributed by atoms with Crippen molar-refractivity contribution in [1.82, 2.24) is 19.8 Å². The van der Waals surface area contributed by atoms with Gasteiger partial charge in [-0.05, 0) is 30.5 Å². The van der Waals surface area contributed by atoms with Gasteiger partial charge < -0.3 is 19.2 Å². The Morgan fingerprint density at radius 3 is 2.40 bits per heavy atom. The van der Waals surface area contributed by atoms with Gasteiger partial charge in [0, 0.05) is 26.2 Å². The quantitative estimate of drug-likeness (QED) is 0.924. The number of carbonyl (C=O) groups is 1. The minimum absolute atomic E-state index is 0.0527. The minimum atomic E-state index is 0.0527. The summed E-state index contributed by atoms with van der Waals surface area (Å²) in [6.45, 7) is 11.7. The van der Waals surface area contributed by atoms with Gasteiger partial charge in [0.25, 0.3) is 5.91 Å². The van der Waals surface area contributed by atoms with Gasteiger partial charge in [0.15, 0.2) is 0 Å². The largest absolute Gasteiger partial charge is 0.443 e. The van der Waals surface area contributed by atoms with E-state index in [-0.39, 0.29) is 11.8 Å². The molecule has 0 radical (unpaired) electrons. The average molecular weight is 344 g/mol. The summed E-state index contributed by atoms with van der Waals surface area (Å²) in [5.41, 5.74) is 3.42. The highest BCUT2D eigenvalue weighted by molar-refractivity contribution is 5.94. The third-order valence-corrected chi connectivity index (χ3v) is 4.82. The Morgan fingerprint density at radius 2 is 1.84 bits per heavy atom. The molecule has 1 N–H and O–H groups in total. The Morgan fingerprint density at radius 1 is 1.16 bits per heavy atom. The number of carbonyl (C=O) groups excluding carboxylic acids is 1. The van der Waals surface area contributed by atoms with Gasteiger partial charge in [-0.1, -0.05) is 27.7 Å². The number of H-pyrrole nitrogens is 1. The number of aromatic amines is 1. The molecule has 0 unspecified atom stereocenters. The van der Waals surface area contributed by atoms with E-state index in [0.29, 0.717) is 17.5 Å². The zero-order chi connectivity index (χ0) is 18.1. The SMILES string of the molecule is CC(C)c1coc(-c2[nH]c(C(=O)N3CCN(C)CC3)cc2C(C)C)n1. The molecule has 1 amide bonds. The number of nitrogens with one attached hydrogen (secondary N) is 1. The molecule has 0 atom stereocenters. The van der Waals surface area contributed by atoms with Crippen molar-refractivity contribution in [3.63, 3.8) is 0 Å². The number of oxazole rings is 1. The van der Waals surface area contributed by atoms with Gasteiger partial charge in [-0.2, -0.15) is 0 Å². The molecule has 1 saturated heterocycles. The van der Waals surface area contributed by atoms with Crippen molar-refractivity contribution in [3.05, 3.63) is 29.3 Å². The second-order valence-electron chi connectivity index (χ2n) is 7.50. The van der Waals surface area contributed by atoms with Crippen molar-refractivity contribution in [1.29, 1.82) is 0 Å². The fourth-order valence-electron chi connectivity index (χ4n) is 3.06. The van der Waals surface area contributed by atoms with E-state index >= 15 is 0 Å². The van der Waals surface area contributed by atoms with Crippen LogP contribution in [0.5, 0.6) is 0 Å². The Labute approximate surface area is 149 Å². The molecular weight excluding hydrogens is 316 g/mol. The van der Waals surface area contributed by atoms with E-state index < -0.39 is 0 Å². The van der Waals surface area contributed by atoms with Gasteiger partial charge in [0.2, 0.25) is 5.89 Å². The summed E-state index contributed by atoms with van der Waals surface area (Å²) in [5.74, 6) is 1.19. The summed E-state index contributed by atoms with van der Waals surface area (Å²) >= 11 is 0. The van der Waals surface area contributed by atoms with Crippen LogP contribution in [0, 0.1) is 0 Å². The summed E-state index contributed by atoms with van der Waals surface area (Å²) < 4.78 is 5.68. The van der Waals surface area contributed by atoms with E-state index in [9.17, 15) is 4.79 Å². The highest BCUT2D eigenvalue weighted by Crippen LogP contribution is 2.30. The third-order valence-electron chi connectivity index (χ3n) is 4.82. The number of likely N-dealkylation sites (N-methyl/N-ethyl adjacent to an activating group) is 1. The van der Waals surface area contributed by atoms with Gasteiger partial charge >= 0.3 is 0 Å². The molecule has 0 bridgehead atoms. The highest BCUT2D eigenvalue weighted by Gasteiger charge is 2.25. The van der Waals surface area contributed by atoms with Crippen LogP contribution >= 0.6 is 0 Å². The molecule has 0 spiro atoms. The second kappa shape index (κ2) is 7.04. The number of nitrogens with zero attached hydrogens (tertiary/aromatic N) is 3. The third kappa shape index (κ3) is 3.63. The summed E-state index contributed by atoms with van der Waals surface area (Å²) in [6.07, 6.45) is 1.70. The Balaban J connectivity index is 1.90. The first-order chi connectivity index (χ1) is 11.9. The van der Waals surface area contributed by atoms with Crippen LogP contribution in [-0.2, 0) is 0 Å². The van der Waals surface area contributed by atoms with Crippen molar-refractivity contribution >= 4 is 5.91 Å². The highest BCUT2D eigenvalue weighted by atomic mass is 16.3. The van der Waals surface area contributed by atoms with Crippen LogP contribution in [0.1, 0.15) is 61.3 Å². The number of aromatic nitrogens is 2. The maximum absolute atomic E-state index is 12.9. The van der Waals surface area contributed by atoms with Crippen LogP contribution < -0.4 is 0 Å². The number of amides is 1. The number of piperazine rings is 1. The normalized spacial score (nSPS) is 16.2. The van der Waals surface area contributed by atoms with Crippen LogP contribution in [0.3, 0.4) is 0 Å². The van der Waals surface area contributed by atoms with Crippen molar-refractivity contribution in [2.45, 2.75) is 39.5 Å². The summed E-state index contributed by atoms with van der Waals surface area (Å²) in [5, 5.41) is 0. The number of hydrogen-bond donors (Lipinski definition) is 1. The Hall–Kier alpha value is -2.08. The van der Waals surface area contributed by atoms with Crippen LogP contribution in [0.2, 0.25) is 0 Å². The lowest BCUT2D eigenvalue weighted by molar-refractivity contribution is 0.0659. The van der Waals surface area contributed by atoms with E-state index in [0.717, 1.165) is 43.1 Å². The molecule has 6 heteroatoms. The molecule has 1 fully saturated rings. The van der Waals surface area contributed by atoms with E-state index in [1.54, 1.807) is 6.26 Å². The van der Waals surface area contributed by atoms with Crippen molar-refractivity contribution < 1.29 is 9.21 Å². The Kier molecular flexibility index (Phi) is 4.99. The first-order valence-electron chi connectivity index (χ1n) is 9.03. The molecule has 2 aromatic heterocycles. The molecule has 3 heterocycles. The van der Waals surface area contributed by atoms with E-state index in [4.69, 9.17) is 4.42 Å². The molecule has 1 aliphatic heterocycles. The average Bonchev–Trinajstić information content (AvgIpc) is 3.22. The lowest BCUT2D eigenvalue weighted by atomic mass is 10.0. The molecule has 1 aliphatic rings. The zero-order valence-corrected chi connectivity index (χ0v) is 15.8. The summed E-state index contributed by atoms with van der Waals surface area (Å²) in [6, 6.07) is 1.96. The van der Waals surface area contributed by atoms with Crippen LogP contribution in [0.25, 0.3) is 11.6 Å². The predicted molar refractivity (Wildman–Crippen MR) is 97.9 cm³/mol. The van der Waals surface area contributed by atoms with Crippen molar-refractivity contribution in [3.8, 4) is 11.6 Å². The minimum Gasteiger partial charge on any atom is -0.443 e. The van der Waals surface area contributed by atoms with Crippen LogP contribution in [-0.4, -0.2) is 58.9 Å². The standard InChI is InChI=1S/C19H28N4O2/c1-12(2)14-10-15(19(24)23-8-6-22(5)7-9-23)20-17(14)18-21-16(11-25-18)13(3)4/h10-13,20H,6-9H2,1-5H3. The van der Waals surface area contributed by atoms with Gasteiger partial charge in [-0.25, -0.2) is 4.98 Å². The molecule has 0 aliphatic carbocycles. The van der Waals surface area contributed by atoms with Gasteiger partial charge in [-0.3, -0.25) is 4.79 Å². The second-order valence-corrected chi connectivity index (χ2v) is 7.50. The molecule has 136 valence electrons. The molecule has 0 aromatic carbocycles. The first kappa shape index (κ1) is 17.7. The zero-order valence-electron chi connectivity index (χ0n) is 15.8. The fraction of sp³-hybridized carbons (Fsp3) is 0.579. The molecule has 0 saturated carbocycles. The first-order valence-corrected chi connectivity index (χ1v) is 9.03. The lowest BCUT2D eigenvalue weighted by Gasteiger charge is -2.32. The summed E-state index contributed by atoms with van der Waals surface area (Å²) in [4.78, 5) is 24.9. The smallest absolute Gasteiger partial charge is 0.270 e.